The van der Waals surface area contributed by atoms with Gasteiger partial charge in [-0.25, -0.2) is 0 Å². The molecule has 120 valence electrons. The average Bonchev–Trinajstić information content (AvgIpc) is 3.19. The van der Waals surface area contributed by atoms with Crippen molar-refractivity contribution in [2.45, 2.75) is 6.42 Å². The number of rotatable bonds is 2. The van der Waals surface area contributed by atoms with Crippen molar-refractivity contribution in [3.63, 3.8) is 0 Å². The molecule has 1 aliphatic carbocycles. The molecule has 5 heteroatoms. The largest absolute Gasteiger partial charge is 0.356 e. The van der Waals surface area contributed by atoms with Crippen molar-refractivity contribution < 1.29 is 0 Å². The Morgan fingerprint density at radius 1 is 1.04 bits per heavy atom. The summed E-state index contributed by atoms with van der Waals surface area (Å²) in [4.78, 5) is 12.1. The molecule has 0 aliphatic heterocycles. The van der Waals surface area contributed by atoms with Crippen LogP contribution in [0, 0.1) is 0 Å². The van der Waals surface area contributed by atoms with E-state index < -0.39 is 0 Å². The number of H-pyrrole nitrogens is 2. The van der Waals surface area contributed by atoms with E-state index >= 15 is 0 Å². The molecular formula is C20H15N5. The molecule has 0 atom stereocenters. The number of allylic oxidation sites excluding steroid dienone is 3. The first kappa shape index (κ1) is 13.9. The molecule has 0 unspecified atom stereocenters. The van der Waals surface area contributed by atoms with Gasteiger partial charge < -0.3 is 4.98 Å². The van der Waals surface area contributed by atoms with Gasteiger partial charge in [0.05, 0.1) is 23.1 Å². The van der Waals surface area contributed by atoms with Crippen LogP contribution in [0.5, 0.6) is 0 Å². The van der Waals surface area contributed by atoms with Gasteiger partial charge in [0.2, 0.25) is 0 Å². The molecule has 4 heterocycles. The van der Waals surface area contributed by atoms with Crippen molar-refractivity contribution in [2.24, 2.45) is 0 Å². The Hall–Kier alpha value is -3.47. The molecule has 0 fully saturated rings. The zero-order valence-corrected chi connectivity index (χ0v) is 13.4. The molecule has 5 rings (SSSR count). The molecule has 0 radical (unpaired) electrons. The second kappa shape index (κ2) is 5.56. The lowest BCUT2D eigenvalue weighted by Crippen LogP contribution is -1.85. The lowest BCUT2D eigenvalue weighted by atomic mass is 10.1. The summed E-state index contributed by atoms with van der Waals surface area (Å²) in [6, 6.07) is 8.15. The molecule has 0 bridgehead atoms. The second-order valence-electron chi connectivity index (χ2n) is 6.03. The van der Waals surface area contributed by atoms with Gasteiger partial charge in [-0.3, -0.25) is 15.1 Å². The number of hydrogen-bond donors (Lipinski definition) is 2. The van der Waals surface area contributed by atoms with E-state index in [1.807, 2.05) is 18.3 Å². The van der Waals surface area contributed by atoms with Gasteiger partial charge in [-0.2, -0.15) is 5.10 Å². The highest BCUT2D eigenvalue weighted by atomic mass is 15.1. The van der Waals surface area contributed by atoms with E-state index in [4.69, 9.17) is 0 Å². The zero-order valence-electron chi connectivity index (χ0n) is 13.4. The monoisotopic (exact) mass is 325 g/mol. The first-order chi connectivity index (χ1) is 12.4. The van der Waals surface area contributed by atoms with Crippen molar-refractivity contribution in [3.05, 3.63) is 72.3 Å². The summed E-state index contributed by atoms with van der Waals surface area (Å²) in [6.07, 6.45) is 14.7. The molecule has 0 saturated heterocycles. The van der Waals surface area contributed by atoms with Gasteiger partial charge in [0.15, 0.2) is 0 Å². The highest BCUT2D eigenvalue weighted by molar-refractivity contribution is 5.94. The van der Waals surface area contributed by atoms with Crippen molar-refractivity contribution in [1.29, 1.82) is 0 Å². The number of aromatic amines is 2. The molecule has 1 aliphatic rings. The lowest BCUT2D eigenvalue weighted by molar-refractivity contribution is 1.10. The predicted octanol–water partition coefficient (Wildman–Crippen LogP) is 4.14. The Labute approximate surface area is 144 Å². The summed E-state index contributed by atoms with van der Waals surface area (Å²) >= 11 is 0. The smallest absolute Gasteiger partial charge is 0.116 e. The molecule has 0 amide bonds. The van der Waals surface area contributed by atoms with Crippen LogP contribution < -0.4 is 0 Å². The predicted molar refractivity (Wildman–Crippen MR) is 98.8 cm³/mol. The van der Waals surface area contributed by atoms with Gasteiger partial charge in [-0.15, -0.1) is 0 Å². The maximum atomic E-state index is 4.53. The third-order valence-corrected chi connectivity index (χ3v) is 4.46. The van der Waals surface area contributed by atoms with E-state index in [-0.39, 0.29) is 0 Å². The number of nitrogens with one attached hydrogen (secondary N) is 2. The number of aromatic nitrogens is 5. The summed E-state index contributed by atoms with van der Waals surface area (Å²) in [5.41, 5.74) is 7.22. The number of hydrogen-bond acceptors (Lipinski definition) is 3. The Bertz CT molecular complexity index is 1120. The minimum atomic E-state index is 0.897. The Balaban J connectivity index is 1.65. The van der Waals surface area contributed by atoms with E-state index in [9.17, 15) is 0 Å². The Morgan fingerprint density at radius 2 is 1.96 bits per heavy atom. The van der Waals surface area contributed by atoms with Crippen molar-refractivity contribution >= 4 is 17.0 Å². The van der Waals surface area contributed by atoms with E-state index in [1.54, 1.807) is 12.4 Å². The van der Waals surface area contributed by atoms with Gasteiger partial charge in [0.1, 0.15) is 5.69 Å². The third kappa shape index (κ3) is 2.37. The van der Waals surface area contributed by atoms with Gasteiger partial charge in [0.25, 0.3) is 0 Å². The SMILES string of the molecule is C1=CCc2[nH]c(-c3n[nH]c4cnc(-c5ccncc5)cc34)cc2C=C1. The minimum absolute atomic E-state index is 0.897. The molecule has 2 N–H and O–H groups in total. The van der Waals surface area contributed by atoms with Crippen LogP contribution >= 0.6 is 0 Å². The van der Waals surface area contributed by atoms with Crippen LogP contribution in [-0.4, -0.2) is 25.1 Å². The molecule has 4 aromatic rings. The normalized spacial score (nSPS) is 13.1. The fourth-order valence-electron chi connectivity index (χ4n) is 3.18. The molecule has 5 nitrogen and oxygen atoms in total. The summed E-state index contributed by atoms with van der Waals surface area (Å²) in [5, 5.41) is 8.65. The summed E-state index contributed by atoms with van der Waals surface area (Å²) in [7, 11) is 0. The molecule has 4 aromatic heterocycles. The summed E-state index contributed by atoms with van der Waals surface area (Å²) < 4.78 is 0. The minimum Gasteiger partial charge on any atom is -0.356 e. The number of pyridine rings is 2. The standard InChI is InChI=1S/C20H15N5/c1-2-4-14-10-18(23-16(14)5-3-1)20-15-11-17(13-6-8-21-9-7-13)22-12-19(15)24-25-20/h1-4,6-12,23H,5H2,(H,24,25). The molecule has 25 heavy (non-hydrogen) atoms. The molecule has 0 aromatic carbocycles. The lowest BCUT2D eigenvalue weighted by Gasteiger charge is -2.01. The Kier molecular flexibility index (Phi) is 3.10. The van der Waals surface area contributed by atoms with Gasteiger partial charge in [-0.05, 0) is 29.8 Å². The van der Waals surface area contributed by atoms with Gasteiger partial charge in [-0.1, -0.05) is 24.3 Å². The van der Waals surface area contributed by atoms with Crippen LogP contribution in [-0.2, 0) is 6.42 Å². The van der Waals surface area contributed by atoms with Crippen LogP contribution in [0.25, 0.3) is 39.6 Å². The van der Waals surface area contributed by atoms with Crippen LogP contribution in [0.2, 0.25) is 0 Å². The maximum Gasteiger partial charge on any atom is 0.116 e. The van der Waals surface area contributed by atoms with Crippen LogP contribution in [0.4, 0.5) is 0 Å². The van der Waals surface area contributed by atoms with Gasteiger partial charge in [0, 0.05) is 35.5 Å². The van der Waals surface area contributed by atoms with E-state index in [2.05, 4.69) is 61.6 Å². The van der Waals surface area contributed by atoms with Crippen LogP contribution in [0.15, 0.2) is 61.1 Å². The van der Waals surface area contributed by atoms with Gasteiger partial charge >= 0.3 is 0 Å². The first-order valence-corrected chi connectivity index (χ1v) is 8.18. The van der Waals surface area contributed by atoms with E-state index in [0.717, 1.165) is 40.0 Å². The third-order valence-electron chi connectivity index (χ3n) is 4.46. The number of nitrogens with zero attached hydrogens (tertiary/aromatic N) is 3. The average molecular weight is 325 g/mol. The van der Waals surface area contributed by atoms with Crippen molar-refractivity contribution in [3.8, 4) is 22.6 Å². The quantitative estimate of drug-likeness (QED) is 0.582. The van der Waals surface area contributed by atoms with Crippen molar-refractivity contribution in [2.75, 3.05) is 0 Å². The zero-order chi connectivity index (χ0) is 16.6. The summed E-state index contributed by atoms with van der Waals surface area (Å²) in [6.45, 7) is 0. The molecular weight excluding hydrogens is 310 g/mol. The highest BCUT2D eigenvalue weighted by Crippen LogP contribution is 2.30. The molecule has 0 saturated carbocycles. The fourth-order valence-corrected chi connectivity index (χ4v) is 3.18. The van der Waals surface area contributed by atoms with Crippen LogP contribution in [0.1, 0.15) is 11.3 Å². The van der Waals surface area contributed by atoms with Crippen molar-refractivity contribution in [1.82, 2.24) is 25.1 Å². The van der Waals surface area contributed by atoms with E-state index in [0.29, 0.717) is 0 Å². The maximum absolute atomic E-state index is 4.53. The summed E-state index contributed by atoms with van der Waals surface area (Å²) in [5.74, 6) is 0. The number of fused-ring (bicyclic) bond motifs is 2. The second-order valence-corrected chi connectivity index (χ2v) is 6.03. The van der Waals surface area contributed by atoms with Crippen LogP contribution in [0.3, 0.4) is 0 Å². The fraction of sp³-hybridized carbons (Fsp3) is 0.0500. The molecule has 0 spiro atoms. The Morgan fingerprint density at radius 3 is 2.88 bits per heavy atom. The first-order valence-electron chi connectivity index (χ1n) is 8.18. The highest BCUT2D eigenvalue weighted by Gasteiger charge is 2.14. The topological polar surface area (TPSA) is 70.2 Å². The van der Waals surface area contributed by atoms with E-state index in [1.165, 1.54) is 11.3 Å².